The summed E-state index contributed by atoms with van der Waals surface area (Å²) in [6.07, 6.45) is 0. The van der Waals surface area contributed by atoms with Gasteiger partial charge in [-0.2, -0.15) is 10.4 Å². The molecule has 0 aliphatic rings. The van der Waals surface area contributed by atoms with Gasteiger partial charge in [0.25, 0.3) is 5.69 Å². The smallest absolute Gasteiger partial charge is 0.301 e. The van der Waals surface area contributed by atoms with Crippen LogP contribution >= 0.6 is 11.6 Å². The van der Waals surface area contributed by atoms with Gasteiger partial charge in [-0.1, -0.05) is 28.9 Å². The molecule has 3 rings (SSSR count). The summed E-state index contributed by atoms with van der Waals surface area (Å²) < 4.78 is 5.25. The molecule has 150 valence electrons. The van der Waals surface area contributed by atoms with Gasteiger partial charge in [0, 0.05) is 11.1 Å². The van der Waals surface area contributed by atoms with Gasteiger partial charge in [0.05, 0.1) is 21.5 Å². The van der Waals surface area contributed by atoms with Crippen molar-refractivity contribution >= 4 is 34.4 Å². The largest absolute Gasteiger partial charge is 0.353 e. The summed E-state index contributed by atoms with van der Waals surface area (Å²) >= 11 is 5.90. The zero-order chi connectivity index (χ0) is 21.8. The number of hydrogen-bond acceptors (Lipinski definition) is 9. The van der Waals surface area contributed by atoms with Crippen molar-refractivity contribution in [2.75, 3.05) is 5.43 Å². The third-order valence-electron chi connectivity index (χ3n) is 3.99. The van der Waals surface area contributed by atoms with E-state index in [1.54, 1.807) is 31.2 Å². The molecule has 0 unspecified atom stereocenters. The summed E-state index contributed by atoms with van der Waals surface area (Å²) in [6, 6.07) is 11.7. The second-order valence-corrected chi connectivity index (χ2v) is 6.32. The van der Waals surface area contributed by atoms with E-state index in [4.69, 9.17) is 16.1 Å². The maximum absolute atomic E-state index is 11.2. The van der Waals surface area contributed by atoms with Gasteiger partial charge in [-0.05, 0) is 30.7 Å². The standard InChI is InChI=1S/C18H11ClN6O5/c1-10(21-22-14-7-6-13(24(26)27)8-16(14)25(28)29)18-17(15(9-20)23-30-18)11-2-4-12(19)5-3-11/h2-8,22H,1H3/b21-10+. The second-order valence-electron chi connectivity index (χ2n) is 5.88. The van der Waals surface area contributed by atoms with Gasteiger partial charge >= 0.3 is 5.69 Å². The molecule has 1 N–H and O–H groups in total. The molecule has 0 aliphatic carbocycles. The van der Waals surface area contributed by atoms with E-state index >= 15 is 0 Å². The number of nitrogens with zero attached hydrogens (tertiary/aromatic N) is 5. The summed E-state index contributed by atoms with van der Waals surface area (Å²) in [4.78, 5) is 20.6. The van der Waals surface area contributed by atoms with Crippen LogP contribution in [0, 0.1) is 31.6 Å². The number of non-ortho nitro benzene ring substituents is 1. The van der Waals surface area contributed by atoms with Crippen molar-refractivity contribution in [3.8, 4) is 17.2 Å². The molecule has 0 amide bonds. The van der Waals surface area contributed by atoms with Crippen LogP contribution in [-0.4, -0.2) is 20.7 Å². The Labute approximate surface area is 173 Å². The Balaban J connectivity index is 1.99. The van der Waals surface area contributed by atoms with E-state index < -0.39 is 21.2 Å². The van der Waals surface area contributed by atoms with Crippen LogP contribution in [0.3, 0.4) is 0 Å². The first-order valence-corrected chi connectivity index (χ1v) is 8.58. The van der Waals surface area contributed by atoms with E-state index in [1.807, 2.05) is 6.07 Å². The van der Waals surface area contributed by atoms with Crippen molar-refractivity contribution in [2.24, 2.45) is 5.10 Å². The Bertz CT molecular complexity index is 1210. The number of rotatable bonds is 6. The molecule has 0 saturated heterocycles. The van der Waals surface area contributed by atoms with Crippen molar-refractivity contribution in [1.82, 2.24) is 5.16 Å². The molecule has 3 aromatic rings. The number of hydrogen-bond donors (Lipinski definition) is 1. The van der Waals surface area contributed by atoms with Gasteiger partial charge < -0.3 is 4.52 Å². The Morgan fingerprint density at radius 3 is 2.50 bits per heavy atom. The number of hydrazone groups is 1. The molecule has 30 heavy (non-hydrogen) atoms. The molecule has 0 radical (unpaired) electrons. The summed E-state index contributed by atoms with van der Waals surface area (Å²) in [5, 5.41) is 39.7. The predicted molar refractivity (Wildman–Crippen MR) is 107 cm³/mol. The van der Waals surface area contributed by atoms with Crippen LogP contribution in [0.2, 0.25) is 5.02 Å². The average molecular weight is 427 g/mol. The fourth-order valence-corrected chi connectivity index (χ4v) is 2.70. The SMILES string of the molecule is C/C(=N\Nc1ccc([N+](=O)[O-])cc1[N+](=O)[O-])c1onc(C#N)c1-c1ccc(Cl)cc1. The number of nitriles is 1. The number of nitrogens with one attached hydrogen (secondary N) is 1. The van der Waals surface area contributed by atoms with Crippen LogP contribution < -0.4 is 5.43 Å². The van der Waals surface area contributed by atoms with Crippen molar-refractivity contribution in [1.29, 1.82) is 5.26 Å². The quantitative estimate of drug-likeness (QED) is 0.341. The lowest BCUT2D eigenvalue weighted by Gasteiger charge is -2.05. The van der Waals surface area contributed by atoms with Crippen LogP contribution in [-0.2, 0) is 0 Å². The third-order valence-corrected chi connectivity index (χ3v) is 4.24. The molecule has 0 fully saturated rings. The fourth-order valence-electron chi connectivity index (χ4n) is 2.57. The molecule has 2 aromatic carbocycles. The number of halogens is 1. The van der Waals surface area contributed by atoms with Crippen LogP contribution in [0.4, 0.5) is 17.1 Å². The number of nitro groups is 2. The highest BCUT2D eigenvalue weighted by Gasteiger charge is 2.22. The van der Waals surface area contributed by atoms with Crippen LogP contribution in [0.1, 0.15) is 18.4 Å². The molecule has 1 aromatic heterocycles. The maximum atomic E-state index is 11.2. The maximum Gasteiger partial charge on any atom is 0.301 e. The van der Waals surface area contributed by atoms with E-state index in [9.17, 15) is 25.5 Å². The van der Waals surface area contributed by atoms with E-state index in [-0.39, 0.29) is 22.9 Å². The van der Waals surface area contributed by atoms with Crippen molar-refractivity contribution in [3.63, 3.8) is 0 Å². The van der Waals surface area contributed by atoms with Gasteiger partial charge in [0.15, 0.2) is 11.5 Å². The molecule has 1 heterocycles. The third kappa shape index (κ3) is 4.08. The van der Waals surface area contributed by atoms with Crippen molar-refractivity contribution < 1.29 is 14.4 Å². The average Bonchev–Trinajstić information content (AvgIpc) is 3.16. The van der Waals surface area contributed by atoms with E-state index in [0.717, 1.165) is 12.1 Å². The van der Waals surface area contributed by atoms with Crippen LogP contribution in [0.5, 0.6) is 0 Å². The number of anilines is 1. The fraction of sp³-hybridized carbons (Fsp3) is 0.0556. The normalized spacial score (nSPS) is 11.0. The lowest BCUT2D eigenvalue weighted by atomic mass is 10.0. The molecule has 12 heteroatoms. The molecular formula is C18H11ClN6O5. The van der Waals surface area contributed by atoms with Crippen LogP contribution in [0.15, 0.2) is 52.1 Å². The first-order valence-electron chi connectivity index (χ1n) is 8.21. The Morgan fingerprint density at radius 2 is 1.90 bits per heavy atom. The number of nitro benzene ring substituents is 2. The number of aromatic nitrogens is 1. The first kappa shape index (κ1) is 20.4. The topological polar surface area (TPSA) is 160 Å². The lowest BCUT2D eigenvalue weighted by molar-refractivity contribution is -0.393. The Kier molecular flexibility index (Phi) is 5.70. The van der Waals surface area contributed by atoms with Crippen molar-refractivity contribution in [2.45, 2.75) is 6.92 Å². The highest BCUT2D eigenvalue weighted by Crippen LogP contribution is 2.31. The van der Waals surface area contributed by atoms with Gasteiger partial charge in [-0.3, -0.25) is 25.7 Å². The van der Waals surface area contributed by atoms with Gasteiger partial charge in [0.1, 0.15) is 17.5 Å². The molecule has 0 saturated carbocycles. The van der Waals surface area contributed by atoms with Gasteiger partial charge in [-0.25, -0.2) is 0 Å². The summed E-state index contributed by atoms with van der Waals surface area (Å²) in [6.45, 7) is 1.55. The molecule has 11 nitrogen and oxygen atoms in total. The Hall–Kier alpha value is -4.30. The predicted octanol–water partition coefficient (Wildman–Crippen LogP) is 4.52. The van der Waals surface area contributed by atoms with Crippen molar-refractivity contribution in [3.05, 3.63) is 79.2 Å². The minimum Gasteiger partial charge on any atom is -0.353 e. The zero-order valence-corrected chi connectivity index (χ0v) is 16.0. The zero-order valence-electron chi connectivity index (χ0n) is 15.2. The molecule has 0 atom stereocenters. The monoisotopic (exact) mass is 426 g/mol. The number of benzene rings is 2. The van der Waals surface area contributed by atoms with E-state index in [2.05, 4.69) is 15.7 Å². The molecule has 0 aliphatic heterocycles. The minimum atomic E-state index is -0.762. The van der Waals surface area contributed by atoms with E-state index in [0.29, 0.717) is 16.1 Å². The highest BCUT2D eigenvalue weighted by atomic mass is 35.5. The molecular weight excluding hydrogens is 416 g/mol. The highest BCUT2D eigenvalue weighted by molar-refractivity contribution is 6.30. The summed E-state index contributed by atoms with van der Waals surface area (Å²) in [7, 11) is 0. The summed E-state index contributed by atoms with van der Waals surface area (Å²) in [5.41, 5.74) is 2.77. The lowest BCUT2D eigenvalue weighted by Crippen LogP contribution is -2.03. The Morgan fingerprint density at radius 1 is 1.20 bits per heavy atom. The first-order chi connectivity index (χ1) is 14.3. The van der Waals surface area contributed by atoms with Gasteiger partial charge in [-0.15, -0.1) is 0 Å². The minimum absolute atomic E-state index is 0.0307. The van der Waals surface area contributed by atoms with E-state index in [1.165, 1.54) is 6.07 Å². The summed E-state index contributed by atoms with van der Waals surface area (Å²) in [5.74, 6) is 0.172. The van der Waals surface area contributed by atoms with Crippen LogP contribution in [0.25, 0.3) is 11.1 Å². The molecule has 0 bridgehead atoms. The molecule has 0 spiro atoms. The van der Waals surface area contributed by atoms with Gasteiger partial charge in [0.2, 0.25) is 0 Å². The second kappa shape index (κ2) is 8.38.